The molecule has 1 N–H and O–H groups in total. The number of aryl methyl sites for hydroxylation is 1. The SMILES string of the molecule is CCOc1ccc(S(=O)(=O)Nc2ccc3c(c2)CCN3C(=O)c2cccs2)cc1C. The summed E-state index contributed by atoms with van der Waals surface area (Å²) in [5, 5.41) is 1.88. The van der Waals surface area contributed by atoms with Gasteiger partial charge in [0.15, 0.2) is 0 Å². The molecule has 0 atom stereocenters. The number of hydrogen-bond donors (Lipinski definition) is 1. The zero-order valence-electron chi connectivity index (χ0n) is 16.7. The number of amides is 1. The second-order valence-corrected chi connectivity index (χ2v) is 9.62. The minimum absolute atomic E-state index is 0.0260. The normalized spacial score (nSPS) is 13.2. The summed E-state index contributed by atoms with van der Waals surface area (Å²) in [7, 11) is -3.73. The Balaban J connectivity index is 1.55. The van der Waals surface area contributed by atoms with Crippen molar-refractivity contribution in [2.75, 3.05) is 22.8 Å². The van der Waals surface area contributed by atoms with Crippen LogP contribution in [0.5, 0.6) is 5.75 Å². The third-order valence-corrected chi connectivity index (χ3v) is 7.20. The molecule has 0 saturated heterocycles. The molecular weight excluding hydrogens is 420 g/mol. The largest absolute Gasteiger partial charge is 0.494 e. The standard InChI is InChI=1S/C22H22N2O4S2/c1-3-28-20-9-7-18(13-15(20)2)30(26,27)23-17-6-8-19-16(14-17)10-11-24(19)22(25)21-5-4-12-29-21/h4-9,12-14,23H,3,10-11H2,1-2H3. The zero-order valence-corrected chi connectivity index (χ0v) is 18.3. The Kier molecular flexibility index (Phi) is 5.53. The number of nitrogens with one attached hydrogen (secondary N) is 1. The molecule has 0 aliphatic carbocycles. The van der Waals surface area contributed by atoms with Crippen molar-refractivity contribution >= 4 is 38.6 Å². The highest BCUT2D eigenvalue weighted by atomic mass is 32.2. The smallest absolute Gasteiger partial charge is 0.268 e. The highest BCUT2D eigenvalue weighted by Crippen LogP contribution is 2.33. The van der Waals surface area contributed by atoms with Gasteiger partial charge in [0.1, 0.15) is 5.75 Å². The van der Waals surface area contributed by atoms with E-state index in [4.69, 9.17) is 4.74 Å². The Bertz CT molecular complexity index is 1190. The van der Waals surface area contributed by atoms with Crippen LogP contribution >= 0.6 is 11.3 Å². The van der Waals surface area contributed by atoms with E-state index < -0.39 is 10.0 Å². The minimum atomic E-state index is -3.73. The van der Waals surface area contributed by atoms with Gasteiger partial charge in [0.05, 0.1) is 16.4 Å². The van der Waals surface area contributed by atoms with E-state index in [9.17, 15) is 13.2 Å². The first kappa shape index (κ1) is 20.4. The van der Waals surface area contributed by atoms with Crippen LogP contribution in [-0.2, 0) is 16.4 Å². The van der Waals surface area contributed by atoms with Gasteiger partial charge >= 0.3 is 0 Å². The number of anilines is 2. The van der Waals surface area contributed by atoms with Gasteiger partial charge in [0.2, 0.25) is 0 Å². The Morgan fingerprint density at radius 2 is 2.03 bits per heavy atom. The van der Waals surface area contributed by atoms with Gasteiger partial charge in [-0.1, -0.05) is 6.07 Å². The first-order valence-electron chi connectivity index (χ1n) is 9.63. The Morgan fingerprint density at radius 3 is 2.73 bits per heavy atom. The molecule has 0 unspecified atom stereocenters. The van der Waals surface area contributed by atoms with Gasteiger partial charge in [-0.25, -0.2) is 8.42 Å². The molecule has 30 heavy (non-hydrogen) atoms. The van der Waals surface area contributed by atoms with Crippen LogP contribution in [-0.4, -0.2) is 27.5 Å². The van der Waals surface area contributed by atoms with Gasteiger partial charge < -0.3 is 9.64 Å². The van der Waals surface area contributed by atoms with Crippen molar-refractivity contribution in [2.45, 2.75) is 25.2 Å². The molecule has 0 saturated carbocycles. The average molecular weight is 443 g/mol. The van der Waals surface area contributed by atoms with Crippen LogP contribution in [0.25, 0.3) is 0 Å². The number of hydrogen-bond acceptors (Lipinski definition) is 5. The molecule has 2 aromatic carbocycles. The number of thiophene rings is 1. The number of carbonyl (C=O) groups excluding carboxylic acids is 1. The number of sulfonamides is 1. The van der Waals surface area contributed by atoms with E-state index in [1.807, 2.05) is 31.4 Å². The molecule has 6 nitrogen and oxygen atoms in total. The van der Waals surface area contributed by atoms with Gasteiger partial charge in [0, 0.05) is 17.9 Å². The van der Waals surface area contributed by atoms with Crippen molar-refractivity contribution in [1.29, 1.82) is 0 Å². The van der Waals surface area contributed by atoms with Crippen LogP contribution in [0.2, 0.25) is 0 Å². The maximum Gasteiger partial charge on any atom is 0.268 e. The molecule has 1 aliphatic heterocycles. The number of benzene rings is 2. The Hall–Kier alpha value is -2.84. The molecule has 1 aliphatic rings. The van der Waals surface area contributed by atoms with Gasteiger partial charge in [-0.3, -0.25) is 9.52 Å². The summed E-state index contributed by atoms with van der Waals surface area (Å²) >= 11 is 1.41. The highest BCUT2D eigenvalue weighted by Gasteiger charge is 2.27. The van der Waals surface area contributed by atoms with Gasteiger partial charge in [-0.05, 0) is 79.2 Å². The van der Waals surface area contributed by atoms with Crippen LogP contribution in [0.3, 0.4) is 0 Å². The number of nitrogens with zero attached hydrogens (tertiary/aromatic N) is 1. The molecule has 0 bridgehead atoms. The average Bonchev–Trinajstić information content (AvgIpc) is 3.38. The van der Waals surface area contributed by atoms with Crippen molar-refractivity contribution in [3.8, 4) is 5.75 Å². The fourth-order valence-corrected chi connectivity index (χ4v) is 5.34. The minimum Gasteiger partial charge on any atom is -0.494 e. The highest BCUT2D eigenvalue weighted by molar-refractivity contribution is 7.92. The summed E-state index contributed by atoms with van der Waals surface area (Å²) in [6, 6.07) is 13.8. The summed E-state index contributed by atoms with van der Waals surface area (Å²) in [4.78, 5) is 15.3. The molecule has 2 heterocycles. The van der Waals surface area contributed by atoms with E-state index in [1.54, 1.807) is 35.2 Å². The maximum absolute atomic E-state index is 12.8. The van der Waals surface area contributed by atoms with E-state index >= 15 is 0 Å². The summed E-state index contributed by atoms with van der Waals surface area (Å²) in [5.74, 6) is 0.645. The van der Waals surface area contributed by atoms with Gasteiger partial charge in [-0.15, -0.1) is 11.3 Å². The molecule has 1 amide bonds. The molecule has 0 spiro atoms. The second-order valence-electron chi connectivity index (χ2n) is 6.99. The first-order valence-corrected chi connectivity index (χ1v) is 12.0. The van der Waals surface area contributed by atoms with Crippen LogP contribution in [0, 0.1) is 6.92 Å². The number of carbonyl (C=O) groups is 1. The van der Waals surface area contributed by atoms with Crippen molar-refractivity contribution < 1.29 is 17.9 Å². The molecule has 0 fully saturated rings. The first-order chi connectivity index (χ1) is 14.4. The van der Waals surface area contributed by atoms with E-state index in [1.165, 1.54) is 17.4 Å². The van der Waals surface area contributed by atoms with Crippen molar-refractivity contribution in [3.05, 3.63) is 69.9 Å². The van der Waals surface area contributed by atoms with E-state index in [-0.39, 0.29) is 10.8 Å². The van der Waals surface area contributed by atoms with Crippen LogP contribution < -0.4 is 14.4 Å². The number of ether oxygens (including phenoxy) is 1. The van der Waals surface area contributed by atoms with Crippen molar-refractivity contribution in [2.24, 2.45) is 0 Å². The lowest BCUT2D eigenvalue weighted by Crippen LogP contribution is -2.28. The lowest BCUT2D eigenvalue weighted by atomic mass is 10.1. The monoisotopic (exact) mass is 442 g/mol. The van der Waals surface area contributed by atoms with Crippen LogP contribution in [0.1, 0.15) is 27.7 Å². The summed E-state index contributed by atoms with van der Waals surface area (Å²) < 4.78 is 33.8. The quantitative estimate of drug-likeness (QED) is 0.612. The molecule has 1 aromatic heterocycles. The Labute approximate surface area is 180 Å². The molecule has 4 rings (SSSR count). The van der Waals surface area contributed by atoms with E-state index in [0.29, 0.717) is 35.9 Å². The zero-order chi connectivity index (χ0) is 21.3. The van der Waals surface area contributed by atoms with Crippen LogP contribution in [0.15, 0.2) is 58.8 Å². The Morgan fingerprint density at radius 1 is 1.20 bits per heavy atom. The molecule has 156 valence electrons. The van der Waals surface area contributed by atoms with Gasteiger partial charge in [0.25, 0.3) is 15.9 Å². The van der Waals surface area contributed by atoms with E-state index in [2.05, 4.69) is 4.72 Å². The van der Waals surface area contributed by atoms with E-state index in [0.717, 1.165) is 16.8 Å². The number of fused-ring (bicyclic) bond motifs is 1. The topological polar surface area (TPSA) is 75.7 Å². The fourth-order valence-electron chi connectivity index (χ4n) is 3.53. The van der Waals surface area contributed by atoms with Crippen molar-refractivity contribution in [1.82, 2.24) is 0 Å². The maximum atomic E-state index is 12.8. The predicted molar refractivity (Wildman–Crippen MR) is 119 cm³/mol. The summed E-state index contributed by atoms with van der Waals surface area (Å²) in [6.07, 6.45) is 0.685. The molecule has 8 heteroatoms. The third kappa shape index (κ3) is 3.93. The summed E-state index contributed by atoms with van der Waals surface area (Å²) in [6.45, 7) is 4.81. The molecule has 0 radical (unpaired) electrons. The fraction of sp³-hybridized carbons (Fsp3) is 0.227. The lowest BCUT2D eigenvalue weighted by Gasteiger charge is -2.17. The number of rotatable bonds is 6. The third-order valence-electron chi connectivity index (χ3n) is 4.96. The van der Waals surface area contributed by atoms with Crippen molar-refractivity contribution in [3.63, 3.8) is 0 Å². The van der Waals surface area contributed by atoms with Gasteiger partial charge in [-0.2, -0.15) is 0 Å². The van der Waals surface area contributed by atoms with Crippen LogP contribution in [0.4, 0.5) is 11.4 Å². The molecule has 3 aromatic rings. The predicted octanol–water partition coefficient (Wildman–Crippen LogP) is 4.46. The lowest BCUT2D eigenvalue weighted by molar-refractivity contribution is 0.0993. The second kappa shape index (κ2) is 8.12. The molecular formula is C22H22N2O4S2. The summed E-state index contributed by atoms with van der Waals surface area (Å²) in [5.41, 5.74) is 3.01.